The maximum Gasteiger partial charge on any atom is 0.200 e. The smallest absolute Gasteiger partial charge is 0.200 e. The molecule has 2 aromatic heterocycles. The second-order valence-electron chi connectivity index (χ2n) is 8.64. The van der Waals surface area contributed by atoms with E-state index in [2.05, 4.69) is 44.3 Å². The van der Waals surface area contributed by atoms with E-state index in [9.17, 15) is 4.79 Å². The summed E-state index contributed by atoms with van der Waals surface area (Å²) in [7, 11) is 1.94. The van der Waals surface area contributed by atoms with Crippen LogP contribution in [-0.4, -0.2) is 14.8 Å². The summed E-state index contributed by atoms with van der Waals surface area (Å²) < 4.78 is 8.68. The van der Waals surface area contributed by atoms with Crippen LogP contribution >= 0.6 is 15.9 Å². The van der Waals surface area contributed by atoms with Crippen molar-refractivity contribution in [1.29, 1.82) is 5.26 Å². The van der Waals surface area contributed by atoms with E-state index in [1.165, 1.54) is 0 Å². The first-order valence-electron chi connectivity index (χ1n) is 10.5. The average molecular weight is 489 g/mol. The number of benzene rings is 2. The van der Waals surface area contributed by atoms with Crippen LogP contribution in [0.3, 0.4) is 0 Å². The van der Waals surface area contributed by atoms with Crippen LogP contribution in [0.25, 0.3) is 22.1 Å². The molecule has 1 aliphatic carbocycles. The Hall–Kier alpha value is -3.24. The number of rotatable bonds is 4. The summed E-state index contributed by atoms with van der Waals surface area (Å²) in [5, 5.41) is 18.2. The molecule has 1 fully saturated rings. The van der Waals surface area contributed by atoms with Gasteiger partial charge in [-0.15, -0.1) is 10.2 Å². The third-order valence-corrected chi connectivity index (χ3v) is 7.00. The zero-order valence-electron chi connectivity index (χ0n) is 17.8. The third kappa shape index (κ3) is 3.18. The van der Waals surface area contributed by atoms with E-state index in [0.717, 1.165) is 39.8 Å². The van der Waals surface area contributed by atoms with Gasteiger partial charge in [0.15, 0.2) is 0 Å². The van der Waals surface area contributed by atoms with Crippen LogP contribution in [0.15, 0.2) is 62.7 Å². The Labute approximate surface area is 193 Å². The van der Waals surface area contributed by atoms with Gasteiger partial charge in [-0.1, -0.05) is 34.1 Å². The number of hydrogen-bond acceptors (Lipinski definition) is 5. The molecule has 0 N–H and O–H groups in total. The van der Waals surface area contributed by atoms with Gasteiger partial charge in [0.05, 0.1) is 22.4 Å². The largest absolute Gasteiger partial charge is 0.463 e. The summed E-state index contributed by atoms with van der Waals surface area (Å²) in [6.45, 7) is 1.93. The fourth-order valence-corrected chi connectivity index (χ4v) is 5.59. The first-order chi connectivity index (χ1) is 15.4. The molecule has 0 saturated heterocycles. The first kappa shape index (κ1) is 20.7. The topological polar surface area (TPSA) is 84.7 Å². The van der Waals surface area contributed by atoms with Crippen molar-refractivity contribution in [2.45, 2.75) is 31.6 Å². The lowest BCUT2D eigenvalue weighted by Crippen LogP contribution is -2.44. The van der Waals surface area contributed by atoms with Crippen LogP contribution in [0.5, 0.6) is 0 Å². The average Bonchev–Trinajstić information content (AvgIpc) is 3.17. The van der Waals surface area contributed by atoms with Crippen LogP contribution < -0.4 is 5.43 Å². The minimum atomic E-state index is -0.320. The van der Waals surface area contributed by atoms with Gasteiger partial charge in [-0.2, -0.15) is 5.26 Å². The number of aryl methyl sites for hydroxylation is 2. The molecule has 5 rings (SSSR count). The molecular weight excluding hydrogens is 468 g/mol. The van der Waals surface area contributed by atoms with Crippen molar-refractivity contribution in [3.63, 3.8) is 0 Å². The zero-order chi connectivity index (χ0) is 22.5. The summed E-state index contributed by atoms with van der Waals surface area (Å²) >= 11 is 3.48. The summed E-state index contributed by atoms with van der Waals surface area (Å²) in [6.07, 6.45) is 5.45. The normalized spacial score (nSPS) is 20.1. The van der Waals surface area contributed by atoms with Gasteiger partial charge in [-0.05, 0) is 60.6 Å². The van der Waals surface area contributed by atoms with E-state index >= 15 is 0 Å². The lowest BCUT2D eigenvalue weighted by atomic mass is 9.57. The molecule has 1 saturated carbocycles. The van der Waals surface area contributed by atoms with Crippen molar-refractivity contribution in [3.8, 4) is 17.2 Å². The molecular formula is C25H21BrN4O2. The number of nitrogens with zero attached hydrogens (tertiary/aromatic N) is 4. The second-order valence-corrected chi connectivity index (χ2v) is 9.56. The lowest BCUT2D eigenvalue weighted by Gasteiger charge is -2.46. The Bertz CT molecular complexity index is 1440. The molecule has 1 aliphatic rings. The van der Waals surface area contributed by atoms with Crippen molar-refractivity contribution in [2.75, 3.05) is 0 Å². The minimum Gasteiger partial charge on any atom is -0.463 e. The van der Waals surface area contributed by atoms with Crippen molar-refractivity contribution in [1.82, 2.24) is 14.8 Å². The molecule has 0 spiro atoms. The molecule has 6 nitrogen and oxygen atoms in total. The fourth-order valence-electron chi connectivity index (χ4n) is 5.02. The number of nitriles is 1. The summed E-state index contributed by atoms with van der Waals surface area (Å²) in [5.41, 5.74) is 3.54. The van der Waals surface area contributed by atoms with Gasteiger partial charge in [0.2, 0.25) is 5.43 Å². The SMILES string of the molecule is Cc1cc(Br)cc2c(=O)c(-c3cccc(C4(c5nncn5C)CC(CC#N)C4)c3)coc12. The highest BCUT2D eigenvalue weighted by atomic mass is 79.9. The van der Waals surface area contributed by atoms with Crippen molar-refractivity contribution < 1.29 is 4.42 Å². The van der Waals surface area contributed by atoms with E-state index in [1.54, 1.807) is 18.7 Å². The van der Waals surface area contributed by atoms with Gasteiger partial charge < -0.3 is 8.98 Å². The molecule has 2 heterocycles. The summed E-state index contributed by atoms with van der Waals surface area (Å²) in [5.74, 6) is 1.21. The molecule has 0 unspecified atom stereocenters. The van der Waals surface area contributed by atoms with Crippen molar-refractivity contribution in [3.05, 3.63) is 80.6 Å². The molecule has 2 aromatic carbocycles. The Morgan fingerprint density at radius 2 is 2.12 bits per heavy atom. The maximum atomic E-state index is 13.4. The van der Waals surface area contributed by atoms with Gasteiger partial charge in [0.25, 0.3) is 0 Å². The van der Waals surface area contributed by atoms with Crippen molar-refractivity contribution >= 4 is 26.9 Å². The first-order valence-corrected chi connectivity index (χ1v) is 11.3. The fraction of sp³-hybridized carbons (Fsp3) is 0.280. The van der Waals surface area contributed by atoms with E-state index < -0.39 is 0 Å². The molecule has 32 heavy (non-hydrogen) atoms. The number of hydrogen-bond donors (Lipinski definition) is 0. The predicted molar refractivity (Wildman–Crippen MR) is 125 cm³/mol. The Balaban J connectivity index is 1.64. The quantitative estimate of drug-likeness (QED) is 0.390. The van der Waals surface area contributed by atoms with E-state index in [4.69, 9.17) is 9.68 Å². The maximum absolute atomic E-state index is 13.4. The standard InChI is InChI=1S/C25H21BrN4O2/c1-15-8-19(26)10-20-22(31)21(13-32-23(15)20)17-4-3-5-18(9-17)25(11-16(12-25)6-7-27)24-29-28-14-30(24)2/h3-5,8-10,13-14,16H,6,11-12H2,1-2H3. The van der Waals surface area contributed by atoms with Crippen LogP contribution in [-0.2, 0) is 12.5 Å². The highest BCUT2D eigenvalue weighted by Crippen LogP contribution is 2.53. The monoisotopic (exact) mass is 488 g/mol. The molecule has 0 radical (unpaired) electrons. The number of halogens is 1. The van der Waals surface area contributed by atoms with Gasteiger partial charge in [0, 0.05) is 17.9 Å². The highest BCUT2D eigenvalue weighted by molar-refractivity contribution is 9.10. The second kappa shape index (κ2) is 7.72. The number of aromatic nitrogens is 3. The number of fused-ring (bicyclic) bond motifs is 1. The third-order valence-electron chi connectivity index (χ3n) is 6.54. The Morgan fingerprint density at radius 1 is 1.31 bits per heavy atom. The molecule has 0 amide bonds. The lowest BCUT2D eigenvalue weighted by molar-refractivity contribution is 0.172. The molecule has 0 bridgehead atoms. The minimum absolute atomic E-state index is 0.0588. The molecule has 160 valence electrons. The van der Waals surface area contributed by atoms with Gasteiger partial charge >= 0.3 is 0 Å². The molecule has 7 heteroatoms. The van der Waals surface area contributed by atoms with E-state index in [-0.39, 0.29) is 10.8 Å². The highest BCUT2D eigenvalue weighted by Gasteiger charge is 2.49. The van der Waals surface area contributed by atoms with E-state index in [1.807, 2.05) is 36.7 Å². The Morgan fingerprint density at radius 3 is 2.84 bits per heavy atom. The van der Waals surface area contributed by atoms with Crippen molar-refractivity contribution in [2.24, 2.45) is 13.0 Å². The van der Waals surface area contributed by atoms with Crippen LogP contribution in [0.1, 0.15) is 36.2 Å². The van der Waals surface area contributed by atoms with Crippen LogP contribution in [0, 0.1) is 24.2 Å². The van der Waals surface area contributed by atoms with Gasteiger partial charge in [-0.25, -0.2) is 0 Å². The Kier molecular flexibility index (Phi) is 4.98. The van der Waals surface area contributed by atoms with Crippen LogP contribution in [0.2, 0.25) is 0 Å². The zero-order valence-corrected chi connectivity index (χ0v) is 19.4. The summed E-state index contributed by atoms with van der Waals surface area (Å²) in [6, 6.07) is 14.1. The van der Waals surface area contributed by atoms with E-state index in [0.29, 0.717) is 28.9 Å². The van der Waals surface area contributed by atoms with Gasteiger partial charge in [-0.3, -0.25) is 4.79 Å². The summed E-state index contributed by atoms with van der Waals surface area (Å²) in [4.78, 5) is 13.4. The molecule has 4 aromatic rings. The predicted octanol–water partition coefficient (Wildman–Crippen LogP) is 5.27. The molecule has 0 aliphatic heterocycles. The van der Waals surface area contributed by atoms with Crippen LogP contribution in [0.4, 0.5) is 0 Å². The molecule has 0 atom stereocenters. The van der Waals surface area contributed by atoms with Gasteiger partial charge in [0.1, 0.15) is 24.0 Å².